The van der Waals surface area contributed by atoms with E-state index in [9.17, 15) is 13.2 Å². The Kier molecular flexibility index (Phi) is 3.83. The molecule has 16 heavy (non-hydrogen) atoms. The Morgan fingerprint density at radius 1 is 1.56 bits per heavy atom. The van der Waals surface area contributed by atoms with Gasteiger partial charge in [0.1, 0.15) is 0 Å². The SMILES string of the molecule is CCCS(=O)(=O)Nc1cccnc1C(=O)O. The Morgan fingerprint density at radius 3 is 2.81 bits per heavy atom. The van der Waals surface area contributed by atoms with Crippen LogP contribution in [-0.2, 0) is 10.0 Å². The highest BCUT2D eigenvalue weighted by Crippen LogP contribution is 2.14. The fraction of sp³-hybridized carbons (Fsp3) is 0.333. The molecule has 0 aliphatic rings. The van der Waals surface area contributed by atoms with Crippen LogP contribution in [0.2, 0.25) is 0 Å². The summed E-state index contributed by atoms with van der Waals surface area (Å²) in [5.41, 5.74) is -0.314. The van der Waals surface area contributed by atoms with E-state index in [-0.39, 0.29) is 17.1 Å². The van der Waals surface area contributed by atoms with Crippen LogP contribution in [0.1, 0.15) is 23.8 Å². The first-order chi connectivity index (χ1) is 7.46. The molecule has 0 saturated heterocycles. The molecule has 0 fully saturated rings. The van der Waals surface area contributed by atoms with E-state index in [1.165, 1.54) is 18.3 Å². The maximum Gasteiger partial charge on any atom is 0.356 e. The molecular formula is C9H12N2O4S. The first-order valence-corrected chi connectivity index (χ1v) is 6.30. The van der Waals surface area contributed by atoms with Gasteiger partial charge in [-0.05, 0) is 18.6 Å². The van der Waals surface area contributed by atoms with Gasteiger partial charge in [0.2, 0.25) is 10.0 Å². The Labute approximate surface area is 93.4 Å². The average molecular weight is 244 g/mol. The molecule has 2 N–H and O–H groups in total. The minimum absolute atomic E-state index is 0.0107. The van der Waals surface area contributed by atoms with Crippen LogP contribution in [0.15, 0.2) is 18.3 Å². The number of hydrogen-bond acceptors (Lipinski definition) is 4. The molecule has 0 atom stereocenters. The van der Waals surface area contributed by atoms with Gasteiger partial charge >= 0.3 is 5.97 Å². The Hall–Kier alpha value is -1.63. The third kappa shape index (κ3) is 3.20. The minimum atomic E-state index is -3.49. The van der Waals surface area contributed by atoms with Crippen LogP contribution >= 0.6 is 0 Å². The molecule has 88 valence electrons. The van der Waals surface area contributed by atoms with Gasteiger partial charge in [-0.15, -0.1) is 0 Å². The number of anilines is 1. The predicted octanol–water partition coefficient (Wildman–Crippen LogP) is 0.932. The van der Waals surface area contributed by atoms with Crippen LogP contribution in [0.4, 0.5) is 5.69 Å². The van der Waals surface area contributed by atoms with E-state index in [4.69, 9.17) is 5.11 Å². The second-order valence-electron chi connectivity index (χ2n) is 3.13. The van der Waals surface area contributed by atoms with Crippen molar-refractivity contribution in [1.29, 1.82) is 0 Å². The van der Waals surface area contributed by atoms with Crippen molar-refractivity contribution in [3.63, 3.8) is 0 Å². The van der Waals surface area contributed by atoms with E-state index in [1.807, 2.05) is 0 Å². The predicted molar refractivity (Wildman–Crippen MR) is 58.9 cm³/mol. The van der Waals surface area contributed by atoms with E-state index in [0.29, 0.717) is 6.42 Å². The summed E-state index contributed by atoms with van der Waals surface area (Å²) in [6.45, 7) is 1.72. The van der Waals surface area contributed by atoms with Crippen LogP contribution < -0.4 is 4.72 Å². The second kappa shape index (κ2) is 4.93. The molecule has 0 radical (unpaired) electrons. The van der Waals surface area contributed by atoms with Crippen molar-refractivity contribution < 1.29 is 18.3 Å². The van der Waals surface area contributed by atoms with Gasteiger partial charge in [0.15, 0.2) is 5.69 Å². The molecule has 1 aromatic rings. The lowest BCUT2D eigenvalue weighted by molar-refractivity contribution is 0.0692. The summed E-state index contributed by atoms with van der Waals surface area (Å²) in [5, 5.41) is 8.80. The van der Waals surface area contributed by atoms with Crippen molar-refractivity contribution in [3.8, 4) is 0 Å². The molecule has 1 rings (SSSR count). The van der Waals surface area contributed by atoms with Crippen molar-refractivity contribution in [2.75, 3.05) is 10.5 Å². The quantitative estimate of drug-likeness (QED) is 0.803. The van der Waals surface area contributed by atoms with Gasteiger partial charge in [-0.3, -0.25) is 4.72 Å². The molecular weight excluding hydrogens is 232 g/mol. The number of hydrogen-bond donors (Lipinski definition) is 2. The lowest BCUT2D eigenvalue weighted by Crippen LogP contribution is -2.18. The highest BCUT2D eigenvalue weighted by Gasteiger charge is 2.16. The molecule has 0 saturated carbocycles. The third-order valence-corrected chi connectivity index (χ3v) is 3.23. The van der Waals surface area contributed by atoms with Crippen molar-refractivity contribution in [2.24, 2.45) is 0 Å². The van der Waals surface area contributed by atoms with Gasteiger partial charge in [-0.2, -0.15) is 0 Å². The lowest BCUT2D eigenvalue weighted by atomic mass is 10.3. The monoisotopic (exact) mass is 244 g/mol. The summed E-state index contributed by atoms with van der Waals surface area (Å²) in [6.07, 6.45) is 1.75. The van der Waals surface area contributed by atoms with E-state index in [1.54, 1.807) is 6.92 Å². The Morgan fingerprint density at radius 2 is 2.25 bits per heavy atom. The number of carbonyl (C=O) groups is 1. The number of carboxylic acids is 1. The van der Waals surface area contributed by atoms with Crippen LogP contribution in [-0.4, -0.2) is 30.2 Å². The van der Waals surface area contributed by atoms with E-state index in [2.05, 4.69) is 9.71 Å². The molecule has 0 bridgehead atoms. The van der Waals surface area contributed by atoms with E-state index >= 15 is 0 Å². The number of pyridine rings is 1. The molecule has 0 aliphatic carbocycles. The molecule has 0 aromatic carbocycles. The van der Waals surface area contributed by atoms with E-state index < -0.39 is 16.0 Å². The van der Waals surface area contributed by atoms with Gasteiger partial charge in [-0.25, -0.2) is 18.2 Å². The molecule has 0 spiro atoms. The van der Waals surface area contributed by atoms with Crippen molar-refractivity contribution >= 4 is 21.7 Å². The highest BCUT2D eigenvalue weighted by atomic mass is 32.2. The van der Waals surface area contributed by atoms with Crippen LogP contribution in [0.25, 0.3) is 0 Å². The highest BCUT2D eigenvalue weighted by molar-refractivity contribution is 7.92. The van der Waals surface area contributed by atoms with Gasteiger partial charge in [-0.1, -0.05) is 6.92 Å². The number of aromatic carboxylic acids is 1. The molecule has 1 heterocycles. The summed E-state index contributed by atoms with van der Waals surface area (Å²) in [4.78, 5) is 14.4. The van der Waals surface area contributed by atoms with Crippen LogP contribution in [0.3, 0.4) is 0 Å². The fourth-order valence-corrected chi connectivity index (χ4v) is 2.28. The topological polar surface area (TPSA) is 96.4 Å². The maximum absolute atomic E-state index is 11.4. The third-order valence-electron chi connectivity index (χ3n) is 1.75. The number of aromatic nitrogens is 1. The fourth-order valence-electron chi connectivity index (χ4n) is 1.15. The molecule has 0 aliphatic heterocycles. The number of carboxylic acid groups (broad SMARTS) is 1. The first kappa shape index (κ1) is 12.4. The van der Waals surface area contributed by atoms with Gasteiger partial charge in [0, 0.05) is 6.20 Å². The van der Waals surface area contributed by atoms with Crippen molar-refractivity contribution in [3.05, 3.63) is 24.0 Å². The van der Waals surface area contributed by atoms with E-state index in [0.717, 1.165) is 0 Å². The summed E-state index contributed by atoms with van der Waals surface area (Å²) in [7, 11) is -3.49. The molecule has 0 amide bonds. The molecule has 0 unspecified atom stereocenters. The number of rotatable bonds is 5. The van der Waals surface area contributed by atoms with Gasteiger partial charge in [0.25, 0.3) is 0 Å². The Bertz CT molecular complexity index is 484. The number of sulfonamides is 1. The van der Waals surface area contributed by atoms with Gasteiger partial charge in [0.05, 0.1) is 11.4 Å². The molecule has 1 aromatic heterocycles. The maximum atomic E-state index is 11.4. The summed E-state index contributed by atoms with van der Waals surface area (Å²) < 4.78 is 25.1. The smallest absolute Gasteiger partial charge is 0.356 e. The van der Waals surface area contributed by atoms with Crippen molar-refractivity contribution in [1.82, 2.24) is 4.98 Å². The van der Waals surface area contributed by atoms with Gasteiger partial charge < -0.3 is 5.11 Å². The van der Waals surface area contributed by atoms with Crippen LogP contribution in [0, 0.1) is 0 Å². The zero-order valence-corrected chi connectivity index (χ0v) is 9.49. The zero-order chi connectivity index (χ0) is 12.2. The summed E-state index contributed by atoms with van der Waals surface area (Å²) >= 11 is 0. The summed E-state index contributed by atoms with van der Waals surface area (Å²) in [5.74, 6) is -1.32. The van der Waals surface area contributed by atoms with Crippen LogP contribution in [0.5, 0.6) is 0 Å². The number of nitrogens with one attached hydrogen (secondary N) is 1. The average Bonchev–Trinajstić information content (AvgIpc) is 2.17. The largest absolute Gasteiger partial charge is 0.476 e. The Balaban J connectivity index is 3.02. The molecule has 7 heteroatoms. The zero-order valence-electron chi connectivity index (χ0n) is 8.67. The molecule has 6 nitrogen and oxygen atoms in total. The van der Waals surface area contributed by atoms with Crippen molar-refractivity contribution in [2.45, 2.75) is 13.3 Å². The standard InChI is InChI=1S/C9H12N2O4S/c1-2-6-16(14,15)11-7-4-3-5-10-8(7)9(12)13/h3-5,11H,2,6H2,1H3,(H,12,13). The number of nitrogens with zero attached hydrogens (tertiary/aromatic N) is 1. The second-order valence-corrected chi connectivity index (χ2v) is 4.97. The minimum Gasteiger partial charge on any atom is -0.476 e. The summed E-state index contributed by atoms with van der Waals surface area (Å²) in [6, 6.07) is 2.83. The normalized spacial score (nSPS) is 11.1. The lowest BCUT2D eigenvalue weighted by Gasteiger charge is -2.08. The first-order valence-electron chi connectivity index (χ1n) is 4.65.